The lowest BCUT2D eigenvalue weighted by atomic mass is 10.2. The molecule has 2 aliphatic heterocycles. The minimum atomic E-state index is -0.302. The Morgan fingerprint density at radius 1 is 1.19 bits per heavy atom. The Balaban J connectivity index is 1.77. The molecule has 21 heavy (non-hydrogen) atoms. The van der Waals surface area contributed by atoms with Crippen LogP contribution in [0, 0.1) is 0 Å². The highest BCUT2D eigenvalue weighted by Gasteiger charge is 2.40. The van der Waals surface area contributed by atoms with Gasteiger partial charge in [0.05, 0.1) is 6.26 Å². The standard InChI is InChI=1S/C13H10N7O/c14-20-7-10(9-4-15-8-16-5-9)17-6-12(20)18-13(19-20)11-2-1-3-21-11/h1-8H,14H2/q+1. The predicted octanol–water partition coefficient (Wildman–Crippen LogP) is 0.917. The fraction of sp³-hybridized carbons (Fsp3) is 0. The van der Waals surface area contributed by atoms with Gasteiger partial charge in [0.25, 0.3) is 11.7 Å². The number of aliphatic imine (C=N–C) groups is 2. The zero-order valence-corrected chi connectivity index (χ0v) is 10.8. The van der Waals surface area contributed by atoms with Crippen LogP contribution >= 0.6 is 0 Å². The molecule has 2 aromatic heterocycles. The average Bonchev–Trinajstić information content (AvgIpc) is 3.13. The Morgan fingerprint density at radius 3 is 2.81 bits per heavy atom. The van der Waals surface area contributed by atoms with Gasteiger partial charge in [-0.2, -0.15) is 4.99 Å². The van der Waals surface area contributed by atoms with Crippen molar-refractivity contribution in [2.24, 2.45) is 20.9 Å². The number of aromatic nitrogens is 2. The maximum Gasteiger partial charge on any atom is 0.300 e. The van der Waals surface area contributed by atoms with Crippen LogP contribution in [-0.2, 0) is 0 Å². The van der Waals surface area contributed by atoms with Gasteiger partial charge in [-0.25, -0.2) is 15.0 Å². The molecule has 0 saturated heterocycles. The third-order valence-electron chi connectivity index (χ3n) is 3.08. The molecule has 8 heteroatoms. The highest BCUT2D eigenvalue weighted by molar-refractivity contribution is 6.32. The van der Waals surface area contributed by atoms with E-state index < -0.39 is 0 Å². The summed E-state index contributed by atoms with van der Waals surface area (Å²) < 4.78 is 4.99. The lowest BCUT2D eigenvalue weighted by Gasteiger charge is -2.19. The van der Waals surface area contributed by atoms with Crippen molar-refractivity contribution < 1.29 is 9.12 Å². The number of hydrogen-bond donors (Lipinski definition) is 1. The van der Waals surface area contributed by atoms with Crippen molar-refractivity contribution in [1.29, 1.82) is 0 Å². The first-order valence-electron chi connectivity index (χ1n) is 6.18. The number of amidine groups is 2. The van der Waals surface area contributed by atoms with E-state index in [1.54, 1.807) is 43.2 Å². The summed E-state index contributed by atoms with van der Waals surface area (Å²) >= 11 is 0. The van der Waals surface area contributed by atoms with Crippen LogP contribution in [0.5, 0.6) is 0 Å². The first-order chi connectivity index (χ1) is 10.2. The molecule has 4 rings (SSSR count). The van der Waals surface area contributed by atoms with Crippen LogP contribution in [0.3, 0.4) is 0 Å². The van der Waals surface area contributed by atoms with E-state index in [2.05, 4.69) is 25.1 Å². The van der Waals surface area contributed by atoms with Crippen molar-refractivity contribution in [3.05, 3.63) is 54.6 Å². The van der Waals surface area contributed by atoms with E-state index >= 15 is 0 Å². The van der Waals surface area contributed by atoms with Gasteiger partial charge >= 0.3 is 0 Å². The molecule has 0 amide bonds. The molecule has 1 atom stereocenters. The maximum absolute atomic E-state index is 6.26. The topological polar surface area (TPSA) is 102 Å². The molecule has 0 fully saturated rings. The van der Waals surface area contributed by atoms with E-state index in [1.165, 1.54) is 6.33 Å². The van der Waals surface area contributed by atoms with Crippen LogP contribution in [0.1, 0.15) is 11.3 Å². The lowest BCUT2D eigenvalue weighted by Crippen LogP contribution is -2.50. The van der Waals surface area contributed by atoms with Crippen LogP contribution in [-0.4, -0.2) is 32.6 Å². The largest absolute Gasteiger partial charge is 0.461 e. The summed E-state index contributed by atoms with van der Waals surface area (Å²) in [5.41, 5.74) is 1.40. The Morgan fingerprint density at radius 2 is 2.05 bits per heavy atom. The minimum absolute atomic E-state index is 0.302. The normalized spacial score (nSPS) is 23.4. The van der Waals surface area contributed by atoms with Gasteiger partial charge in [-0.3, -0.25) is 0 Å². The molecule has 102 valence electrons. The van der Waals surface area contributed by atoms with Crippen molar-refractivity contribution in [3.63, 3.8) is 0 Å². The zero-order chi connectivity index (χ0) is 14.3. The lowest BCUT2D eigenvalue weighted by molar-refractivity contribution is -0.802. The Bertz CT molecular complexity index is 804. The molecule has 0 aliphatic carbocycles. The van der Waals surface area contributed by atoms with Crippen LogP contribution < -0.4 is 5.84 Å². The van der Waals surface area contributed by atoms with Crippen LogP contribution in [0.25, 0.3) is 5.70 Å². The van der Waals surface area contributed by atoms with Gasteiger partial charge in [-0.1, -0.05) is 0 Å². The summed E-state index contributed by atoms with van der Waals surface area (Å²) in [4.78, 5) is 16.6. The second-order valence-corrected chi connectivity index (χ2v) is 4.51. The van der Waals surface area contributed by atoms with Crippen molar-refractivity contribution in [2.75, 3.05) is 0 Å². The Labute approximate surface area is 119 Å². The molecule has 2 aliphatic rings. The Kier molecular flexibility index (Phi) is 2.40. The molecule has 0 spiro atoms. The number of nitrogens with zero attached hydrogens (tertiary/aromatic N) is 6. The monoisotopic (exact) mass is 280 g/mol. The first-order valence-corrected chi connectivity index (χ1v) is 6.18. The average molecular weight is 280 g/mol. The van der Waals surface area contributed by atoms with E-state index in [1.807, 2.05) is 0 Å². The molecule has 4 heterocycles. The first kappa shape index (κ1) is 11.8. The SMILES string of the molecule is N[N+]12C=C(c3cncnc3)N=CC1=NC(c1ccco1)=N2. The van der Waals surface area contributed by atoms with E-state index in [-0.39, 0.29) is 4.70 Å². The minimum Gasteiger partial charge on any atom is -0.461 e. The Hall–Kier alpha value is -2.97. The molecule has 2 aromatic rings. The number of rotatable bonds is 2. The number of nitrogens with two attached hydrogens (primary N) is 1. The number of fused-ring (bicyclic) bond motifs is 1. The molecular formula is C13H10N7O+. The number of quaternary nitrogens is 1. The highest BCUT2D eigenvalue weighted by atomic mass is 16.3. The molecular weight excluding hydrogens is 270 g/mol. The quantitative estimate of drug-likeness (QED) is 0.652. The second-order valence-electron chi connectivity index (χ2n) is 4.51. The second kappa shape index (κ2) is 4.27. The molecule has 8 nitrogen and oxygen atoms in total. The van der Waals surface area contributed by atoms with E-state index in [0.29, 0.717) is 23.1 Å². The number of furan rings is 1. The third-order valence-corrected chi connectivity index (χ3v) is 3.08. The van der Waals surface area contributed by atoms with E-state index in [9.17, 15) is 0 Å². The smallest absolute Gasteiger partial charge is 0.300 e. The van der Waals surface area contributed by atoms with Gasteiger partial charge < -0.3 is 4.42 Å². The summed E-state index contributed by atoms with van der Waals surface area (Å²) in [7, 11) is 0. The summed E-state index contributed by atoms with van der Waals surface area (Å²) in [6.45, 7) is 0. The van der Waals surface area contributed by atoms with Crippen LogP contribution in [0.4, 0.5) is 0 Å². The fourth-order valence-corrected chi connectivity index (χ4v) is 2.07. The van der Waals surface area contributed by atoms with Gasteiger partial charge in [-0.15, -0.1) is 5.84 Å². The summed E-state index contributed by atoms with van der Waals surface area (Å²) in [5, 5.41) is 4.39. The highest BCUT2D eigenvalue weighted by Crippen LogP contribution is 2.25. The fourth-order valence-electron chi connectivity index (χ4n) is 2.07. The third kappa shape index (κ3) is 1.90. The molecule has 0 aromatic carbocycles. The van der Waals surface area contributed by atoms with Crippen molar-refractivity contribution in [3.8, 4) is 0 Å². The van der Waals surface area contributed by atoms with E-state index in [0.717, 1.165) is 5.56 Å². The summed E-state index contributed by atoms with van der Waals surface area (Å²) in [6.07, 6.45) is 9.62. The van der Waals surface area contributed by atoms with Gasteiger partial charge in [-0.05, 0) is 21.9 Å². The van der Waals surface area contributed by atoms with Crippen LogP contribution in [0.2, 0.25) is 0 Å². The molecule has 1 unspecified atom stereocenters. The maximum atomic E-state index is 6.26. The van der Waals surface area contributed by atoms with Gasteiger partial charge in [0.15, 0.2) is 12.0 Å². The van der Waals surface area contributed by atoms with Gasteiger partial charge in [0.1, 0.15) is 18.2 Å². The number of hydrogen-bond acceptors (Lipinski definition) is 7. The summed E-state index contributed by atoms with van der Waals surface area (Å²) in [6, 6.07) is 3.55. The van der Waals surface area contributed by atoms with E-state index in [4.69, 9.17) is 10.3 Å². The zero-order valence-electron chi connectivity index (χ0n) is 10.8. The van der Waals surface area contributed by atoms with Crippen molar-refractivity contribution in [1.82, 2.24) is 9.97 Å². The molecule has 2 N–H and O–H groups in total. The molecule has 0 bridgehead atoms. The molecule has 0 saturated carbocycles. The summed E-state index contributed by atoms with van der Waals surface area (Å²) in [5.74, 6) is 7.77. The van der Waals surface area contributed by atoms with Crippen molar-refractivity contribution in [2.45, 2.75) is 0 Å². The predicted molar refractivity (Wildman–Crippen MR) is 75.6 cm³/mol. The van der Waals surface area contributed by atoms with Gasteiger partial charge in [0.2, 0.25) is 0 Å². The molecule has 0 radical (unpaired) electrons. The van der Waals surface area contributed by atoms with Gasteiger partial charge in [0, 0.05) is 18.0 Å². The van der Waals surface area contributed by atoms with Crippen LogP contribution in [0.15, 0.2) is 62.8 Å². The van der Waals surface area contributed by atoms with Crippen molar-refractivity contribution >= 4 is 23.6 Å².